The van der Waals surface area contributed by atoms with Crippen molar-refractivity contribution in [2.75, 3.05) is 43.4 Å². The van der Waals surface area contributed by atoms with Gasteiger partial charge < -0.3 is 20.7 Å². The molecule has 156 valence electrons. The molecule has 0 unspecified atom stereocenters. The van der Waals surface area contributed by atoms with Crippen LogP contribution in [0.2, 0.25) is 0 Å². The van der Waals surface area contributed by atoms with Crippen molar-refractivity contribution in [1.82, 2.24) is 9.88 Å². The second kappa shape index (κ2) is 9.65. The number of benzene rings is 2. The van der Waals surface area contributed by atoms with Crippen LogP contribution in [0, 0.1) is 5.82 Å². The van der Waals surface area contributed by atoms with Crippen LogP contribution in [0.1, 0.15) is 25.8 Å². The van der Waals surface area contributed by atoms with E-state index >= 15 is 0 Å². The lowest BCUT2D eigenvalue weighted by Gasteiger charge is -2.36. The fourth-order valence-corrected chi connectivity index (χ4v) is 3.87. The summed E-state index contributed by atoms with van der Waals surface area (Å²) in [7, 11) is 0. The van der Waals surface area contributed by atoms with Crippen molar-refractivity contribution >= 4 is 22.3 Å². The normalized spacial score (nSPS) is 14.7. The van der Waals surface area contributed by atoms with Crippen LogP contribution in [0.5, 0.6) is 5.75 Å². The average molecular weight is 399 g/mol. The zero-order valence-electron chi connectivity index (χ0n) is 17.3. The highest BCUT2D eigenvalue weighted by molar-refractivity contribution is 5.83. The highest BCUT2D eigenvalue weighted by Crippen LogP contribution is 2.33. The van der Waals surface area contributed by atoms with E-state index in [1.54, 1.807) is 18.2 Å². The number of hydrogen-bond acceptors (Lipinski definition) is 4. The Bertz CT molecular complexity index is 932. The number of phenolic OH excluding ortho intramolecular Hbond substituents is 1. The molecule has 0 aliphatic carbocycles. The fourth-order valence-electron chi connectivity index (χ4n) is 3.87. The van der Waals surface area contributed by atoms with Crippen LogP contribution in [0.3, 0.4) is 0 Å². The maximum atomic E-state index is 13.5. The summed E-state index contributed by atoms with van der Waals surface area (Å²) in [6.45, 7) is 8.66. The summed E-state index contributed by atoms with van der Waals surface area (Å²) in [4.78, 5) is 7.84. The third-order valence-corrected chi connectivity index (χ3v) is 5.41. The van der Waals surface area contributed by atoms with Crippen molar-refractivity contribution < 1.29 is 9.50 Å². The van der Waals surface area contributed by atoms with Crippen LogP contribution >= 0.6 is 0 Å². The second-order valence-electron chi connectivity index (χ2n) is 7.15. The van der Waals surface area contributed by atoms with Crippen molar-refractivity contribution in [3.63, 3.8) is 0 Å². The Balaban J connectivity index is 0.00000117. The summed E-state index contributed by atoms with van der Waals surface area (Å²) in [5.41, 5.74) is 9.20. The molecule has 1 aliphatic heterocycles. The molecule has 0 saturated carbocycles. The number of nitrogens with two attached hydrogens (primary N) is 1. The molecule has 5 nitrogen and oxygen atoms in total. The van der Waals surface area contributed by atoms with Crippen molar-refractivity contribution in [3.05, 3.63) is 54.0 Å². The molecular formula is C23H31FN4O. The molecule has 4 rings (SSSR count). The lowest BCUT2D eigenvalue weighted by molar-refractivity contribution is 0.254. The number of halogens is 1. The Morgan fingerprint density at radius 1 is 1.10 bits per heavy atom. The van der Waals surface area contributed by atoms with Gasteiger partial charge >= 0.3 is 0 Å². The summed E-state index contributed by atoms with van der Waals surface area (Å²) in [6.07, 6.45) is 3.96. The molecule has 0 atom stereocenters. The molecule has 2 heterocycles. The zero-order chi connectivity index (χ0) is 20.8. The number of nitrogens with one attached hydrogen (secondary N) is 1. The van der Waals surface area contributed by atoms with Crippen LogP contribution in [-0.4, -0.2) is 47.7 Å². The van der Waals surface area contributed by atoms with Crippen LogP contribution in [0.15, 0.2) is 42.6 Å². The van der Waals surface area contributed by atoms with E-state index in [1.165, 1.54) is 11.6 Å². The van der Waals surface area contributed by atoms with Gasteiger partial charge in [0.1, 0.15) is 5.82 Å². The quantitative estimate of drug-likeness (QED) is 0.441. The van der Waals surface area contributed by atoms with Crippen LogP contribution in [0.4, 0.5) is 15.8 Å². The van der Waals surface area contributed by atoms with E-state index in [1.807, 2.05) is 32.2 Å². The summed E-state index contributed by atoms with van der Waals surface area (Å²) in [5.74, 6) is -0.0122. The molecule has 0 radical (unpaired) electrons. The molecule has 3 aromatic rings. The predicted molar refractivity (Wildman–Crippen MR) is 119 cm³/mol. The molecule has 1 aromatic heterocycles. The Hall–Kier alpha value is -2.73. The summed E-state index contributed by atoms with van der Waals surface area (Å²) in [5, 5.41) is 11.1. The maximum absolute atomic E-state index is 13.5. The molecule has 1 aliphatic rings. The number of piperazine rings is 1. The maximum Gasteiger partial charge on any atom is 0.162 e. The zero-order valence-corrected chi connectivity index (χ0v) is 17.3. The largest absolute Gasteiger partial charge is 0.504 e. The molecule has 0 bridgehead atoms. The van der Waals surface area contributed by atoms with Gasteiger partial charge in [-0.2, -0.15) is 0 Å². The first kappa shape index (κ1) is 21.0. The van der Waals surface area contributed by atoms with E-state index in [4.69, 9.17) is 5.73 Å². The smallest absolute Gasteiger partial charge is 0.162 e. The van der Waals surface area contributed by atoms with Crippen molar-refractivity contribution in [3.8, 4) is 5.75 Å². The summed E-state index contributed by atoms with van der Waals surface area (Å²) < 4.78 is 13.5. The lowest BCUT2D eigenvalue weighted by Crippen LogP contribution is -2.46. The van der Waals surface area contributed by atoms with E-state index in [2.05, 4.69) is 14.8 Å². The van der Waals surface area contributed by atoms with Gasteiger partial charge in [0, 0.05) is 43.3 Å². The Kier molecular flexibility index (Phi) is 6.99. The molecule has 1 saturated heterocycles. The minimum atomic E-state index is -0.190. The Labute approximate surface area is 171 Å². The number of aromatic hydroxyl groups is 1. The van der Waals surface area contributed by atoms with Crippen LogP contribution in [0.25, 0.3) is 10.9 Å². The van der Waals surface area contributed by atoms with Gasteiger partial charge in [-0.05, 0) is 55.3 Å². The van der Waals surface area contributed by atoms with Crippen molar-refractivity contribution in [2.24, 2.45) is 0 Å². The number of para-hydroxylation sites is 1. The molecule has 0 spiro atoms. The third-order valence-electron chi connectivity index (χ3n) is 5.41. The first-order valence-corrected chi connectivity index (χ1v) is 10.4. The van der Waals surface area contributed by atoms with Gasteiger partial charge in [0.15, 0.2) is 5.75 Å². The summed E-state index contributed by atoms with van der Waals surface area (Å²) in [6, 6.07) is 10.4. The van der Waals surface area contributed by atoms with Gasteiger partial charge in [-0.1, -0.05) is 19.9 Å². The number of phenols is 1. The lowest BCUT2D eigenvalue weighted by atomic mass is 10.1. The monoisotopic (exact) mass is 398 g/mol. The number of nitrogens with zero attached hydrogens (tertiary/aromatic N) is 2. The van der Waals surface area contributed by atoms with Crippen molar-refractivity contribution in [2.45, 2.75) is 26.7 Å². The van der Waals surface area contributed by atoms with Gasteiger partial charge in [-0.3, -0.25) is 4.90 Å². The minimum Gasteiger partial charge on any atom is -0.504 e. The number of H-pyrrole nitrogens is 1. The Morgan fingerprint density at radius 3 is 2.62 bits per heavy atom. The molecule has 2 aromatic carbocycles. The molecule has 1 fully saturated rings. The van der Waals surface area contributed by atoms with Crippen molar-refractivity contribution in [1.29, 1.82) is 0 Å². The third kappa shape index (κ3) is 4.82. The highest BCUT2D eigenvalue weighted by Gasteiger charge is 2.19. The minimum absolute atomic E-state index is 0.178. The van der Waals surface area contributed by atoms with E-state index in [0.717, 1.165) is 62.2 Å². The SMILES string of the molecule is CC.Nc1cccc(N2CCN(CCCc3c[nH]c4ccc(F)cc34)CC2)c1O. The number of hydrogen-bond donors (Lipinski definition) is 3. The van der Waals surface area contributed by atoms with Crippen LogP contribution < -0.4 is 10.6 Å². The molecular weight excluding hydrogens is 367 g/mol. The van der Waals surface area contributed by atoms with E-state index < -0.39 is 0 Å². The number of anilines is 2. The van der Waals surface area contributed by atoms with Gasteiger partial charge in [0.05, 0.1) is 11.4 Å². The standard InChI is InChI=1S/C21H25FN4O.C2H6/c22-16-6-7-19-17(13-16)15(14-24-19)3-2-8-25-9-11-26(12-10-25)20-5-1-4-18(23)21(20)27;1-2/h1,4-7,13-14,24,27H,2-3,8-12,23H2;1-2H3. The fraction of sp³-hybridized carbons (Fsp3) is 0.391. The molecule has 6 heteroatoms. The predicted octanol–water partition coefficient (Wildman–Crippen LogP) is 4.38. The summed E-state index contributed by atoms with van der Waals surface area (Å²) >= 11 is 0. The first-order chi connectivity index (χ1) is 14.1. The number of aryl methyl sites for hydroxylation is 1. The highest BCUT2D eigenvalue weighted by atomic mass is 19.1. The topological polar surface area (TPSA) is 68.5 Å². The number of nitrogen functional groups attached to an aromatic ring is 1. The average Bonchev–Trinajstić information content (AvgIpc) is 3.14. The molecule has 0 amide bonds. The molecule has 29 heavy (non-hydrogen) atoms. The first-order valence-electron chi connectivity index (χ1n) is 10.4. The molecule has 4 N–H and O–H groups in total. The number of aromatic nitrogens is 1. The van der Waals surface area contributed by atoms with E-state index in [9.17, 15) is 9.50 Å². The second-order valence-corrected chi connectivity index (χ2v) is 7.15. The van der Waals surface area contributed by atoms with Gasteiger partial charge in [0.25, 0.3) is 0 Å². The van der Waals surface area contributed by atoms with E-state index in [0.29, 0.717) is 5.69 Å². The van der Waals surface area contributed by atoms with Gasteiger partial charge in [-0.15, -0.1) is 0 Å². The van der Waals surface area contributed by atoms with E-state index in [-0.39, 0.29) is 11.6 Å². The number of rotatable bonds is 5. The Morgan fingerprint density at radius 2 is 1.86 bits per heavy atom. The van der Waals surface area contributed by atoms with Gasteiger partial charge in [0.2, 0.25) is 0 Å². The van der Waals surface area contributed by atoms with Crippen LogP contribution in [-0.2, 0) is 6.42 Å². The number of aromatic amines is 1. The number of fused-ring (bicyclic) bond motifs is 1. The van der Waals surface area contributed by atoms with Gasteiger partial charge in [-0.25, -0.2) is 4.39 Å².